The van der Waals surface area contributed by atoms with Crippen LogP contribution in [0.3, 0.4) is 0 Å². The van der Waals surface area contributed by atoms with E-state index in [0.717, 1.165) is 19.2 Å². The molecule has 2 aromatic rings. The number of anilines is 1. The molecule has 4 rings (SSSR count). The summed E-state index contributed by atoms with van der Waals surface area (Å²) in [5, 5.41) is 14.9. The minimum Gasteiger partial charge on any atom is -0.486 e. The molecule has 1 fully saturated rings. The second kappa shape index (κ2) is 8.75. The Morgan fingerprint density at radius 1 is 1.21 bits per heavy atom. The van der Waals surface area contributed by atoms with Crippen LogP contribution in [-0.2, 0) is 9.53 Å². The zero-order chi connectivity index (χ0) is 23.9. The summed E-state index contributed by atoms with van der Waals surface area (Å²) in [6, 6.07) is 7.04. The number of methoxy groups -OCH3 is 1. The van der Waals surface area contributed by atoms with Gasteiger partial charge in [0.25, 0.3) is 0 Å². The Hall–Kier alpha value is -2.98. The van der Waals surface area contributed by atoms with Crippen molar-refractivity contribution in [1.82, 2.24) is 5.32 Å². The number of nitrogens with one attached hydrogen (secondary N) is 1. The zero-order valence-electron chi connectivity index (χ0n) is 18.3. The molecule has 2 aromatic carbocycles. The topological polar surface area (TPSA) is 80.3 Å². The van der Waals surface area contributed by atoms with Gasteiger partial charge < -0.3 is 24.6 Å². The van der Waals surface area contributed by atoms with Crippen molar-refractivity contribution in [3.05, 3.63) is 53.6 Å². The van der Waals surface area contributed by atoms with Crippen molar-refractivity contribution in [3.8, 4) is 11.5 Å². The lowest BCUT2D eigenvalue weighted by Gasteiger charge is -2.53. The number of carbonyl (C=O) groups excluding carboxylic acids is 1. The molecule has 2 aliphatic heterocycles. The largest absolute Gasteiger partial charge is 0.486 e. The van der Waals surface area contributed by atoms with Gasteiger partial charge in [-0.15, -0.1) is 0 Å². The first-order valence-electron chi connectivity index (χ1n) is 10.4. The first kappa shape index (κ1) is 23.2. The van der Waals surface area contributed by atoms with E-state index in [1.807, 2.05) is 0 Å². The van der Waals surface area contributed by atoms with Crippen LogP contribution in [0, 0.1) is 23.5 Å². The first-order chi connectivity index (χ1) is 15.7. The van der Waals surface area contributed by atoms with Gasteiger partial charge in [-0.1, -0.05) is 19.9 Å². The summed E-state index contributed by atoms with van der Waals surface area (Å²) in [6.45, 7) is 4.13. The molecule has 0 radical (unpaired) electrons. The van der Waals surface area contributed by atoms with E-state index in [-0.39, 0.29) is 5.11 Å². The van der Waals surface area contributed by atoms with Crippen LogP contribution in [0.15, 0.2) is 36.4 Å². The molecule has 0 unspecified atom stereocenters. The Bertz CT molecular complexity index is 1080. The van der Waals surface area contributed by atoms with Crippen LogP contribution >= 0.6 is 12.2 Å². The Balaban J connectivity index is 1.89. The molecular formula is C23H24F2N2O5S. The minimum absolute atomic E-state index is 0.0179. The van der Waals surface area contributed by atoms with Gasteiger partial charge in [-0.2, -0.15) is 0 Å². The van der Waals surface area contributed by atoms with Crippen LogP contribution in [-0.4, -0.2) is 42.2 Å². The third-order valence-corrected chi connectivity index (χ3v) is 6.33. The van der Waals surface area contributed by atoms with E-state index in [1.54, 1.807) is 32.0 Å². The molecule has 3 atom stereocenters. The maximum atomic E-state index is 14.8. The molecule has 10 heteroatoms. The van der Waals surface area contributed by atoms with Crippen molar-refractivity contribution in [2.75, 3.05) is 25.2 Å². The fraction of sp³-hybridized carbons (Fsp3) is 0.391. The predicted molar refractivity (Wildman–Crippen MR) is 120 cm³/mol. The zero-order valence-corrected chi connectivity index (χ0v) is 19.1. The molecule has 7 nitrogen and oxygen atoms in total. The molecule has 1 saturated heterocycles. The number of nitrogens with zero attached hydrogens (tertiary/aromatic N) is 1. The third kappa shape index (κ3) is 3.76. The fourth-order valence-corrected chi connectivity index (χ4v) is 4.80. The van der Waals surface area contributed by atoms with Gasteiger partial charge in [-0.3, -0.25) is 9.69 Å². The van der Waals surface area contributed by atoms with E-state index >= 15 is 0 Å². The molecule has 2 N–H and O–H groups in total. The van der Waals surface area contributed by atoms with Crippen molar-refractivity contribution in [3.63, 3.8) is 0 Å². The summed E-state index contributed by atoms with van der Waals surface area (Å²) in [5.74, 6) is -3.67. The van der Waals surface area contributed by atoms with Gasteiger partial charge in [0.1, 0.15) is 30.8 Å². The van der Waals surface area contributed by atoms with Gasteiger partial charge >= 0.3 is 5.97 Å². The molecular weight excluding hydrogens is 454 g/mol. The Morgan fingerprint density at radius 3 is 2.45 bits per heavy atom. The number of carbonyl (C=O) groups is 1. The maximum Gasteiger partial charge on any atom is 0.316 e. The Morgan fingerprint density at radius 2 is 1.85 bits per heavy atom. The highest BCUT2D eigenvalue weighted by atomic mass is 32.1. The number of fused-ring (bicyclic) bond motifs is 1. The summed E-state index contributed by atoms with van der Waals surface area (Å²) in [7, 11) is 1.15. The highest BCUT2D eigenvalue weighted by Gasteiger charge is 2.59. The molecule has 0 bridgehead atoms. The SMILES string of the molecule is COC(=O)[C@@H]1[C@@H](c2c(F)cccc2F)NC(=S)N(c2ccc3c(c2)OCCO3)[C@]1(O)C(C)C. The number of rotatable bonds is 4. The lowest BCUT2D eigenvalue weighted by Crippen LogP contribution is -2.71. The van der Waals surface area contributed by atoms with Crippen molar-refractivity contribution in [2.24, 2.45) is 11.8 Å². The predicted octanol–water partition coefficient (Wildman–Crippen LogP) is 3.31. The van der Waals surface area contributed by atoms with E-state index in [1.165, 1.54) is 11.0 Å². The van der Waals surface area contributed by atoms with E-state index < -0.39 is 46.8 Å². The average Bonchev–Trinajstić information content (AvgIpc) is 2.78. The molecule has 0 amide bonds. The van der Waals surface area contributed by atoms with Crippen LogP contribution in [0.5, 0.6) is 11.5 Å². The summed E-state index contributed by atoms with van der Waals surface area (Å²) in [4.78, 5) is 14.4. The standard InChI is InChI=1S/C23H24F2N2O5S/c1-12(2)23(29)19(21(28)30-3)20(18-14(24)5-4-6-15(18)25)26-22(33)27(23)13-7-8-16-17(11-13)32-10-9-31-16/h4-8,11-12,19-20,29H,9-10H2,1-3H3,(H,26,33)/t19-,20+,23-/m0/s1. The molecule has 0 spiro atoms. The van der Waals surface area contributed by atoms with Crippen LogP contribution < -0.4 is 19.7 Å². The number of halogens is 2. The molecule has 176 valence electrons. The highest BCUT2D eigenvalue weighted by Crippen LogP contribution is 2.47. The molecule has 0 aromatic heterocycles. The second-order valence-electron chi connectivity index (χ2n) is 8.16. The monoisotopic (exact) mass is 478 g/mol. The number of hydrogen-bond donors (Lipinski definition) is 2. The average molecular weight is 479 g/mol. The normalized spacial score (nSPS) is 24.5. The smallest absolute Gasteiger partial charge is 0.316 e. The highest BCUT2D eigenvalue weighted by molar-refractivity contribution is 7.80. The van der Waals surface area contributed by atoms with Crippen molar-refractivity contribution in [1.29, 1.82) is 0 Å². The fourth-order valence-electron chi connectivity index (χ4n) is 4.42. The van der Waals surface area contributed by atoms with Gasteiger partial charge in [0.15, 0.2) is 22.3 Å². The van der Waals surface area contributed by atoms with Crippen LogP contribution in [0.2, 0.25) is 0 Å². The van der Waals surface area contributed by atoms with Crippen LogP contribution in [0.25, 0.3) is 0 Å². The number of ether oxygens (including phenoxy) is 3. The number of aliphatic hydroxyl groups is 1. The molecule has 2 heterocycles. The van der Waals surface area contributed by atoms with Gasteiger partial charge in [0.2, 0.25) is 0 Å². The van der Waals surface area contributed by atoms with Crippen LogP contribution in [0.1, 0.15) is 25.5 Å². The molecule has 2 aliphatic rings. The first-order valence-corrected chi connectivity index (χ1v) is 10.9. The van der Waals surface area contributed by atoms with Crippen molar-refractivity contribution < 1.29 is 32.9 Å². The number of esters is 1. The molecule has 33 heavy (non-hydrogen) atoms. The number of thiocarbonyl (C=S) groups is 1. The Kier molecular flexibility index (Phi) is 6.15. The third-order valence-electron chi connectivity index (χ3n) is 6.03. The summed E-state index contributed by atoms with van der Waals surface area (Å²) >= 11 is 5.56. The van der Waals surface area contributed by atoms with Crippen molar-refractivity contribution in [2.45, 2.75) is 25.6 Å². The van der Waals surface area contributed by atoms with Gasteiger partial charge in [0.05, 0.1) is 18.8 Å². The van der Waals surface area contributed by atoms with Gasteiger partial charge in [-0.25, -0.2) is 8.78 Å². The van der Waals surface area contributed by atoms with Crippen molar-refractivity contribution >= 4 is 29.0 Å². The van der Waals surface area contributed by atoms with Gasteiger partial charge in [-0.05, 0) is 36.5 Å². The molecule has 0 aliphatic carbocycles. The Labute approximate surface area is 195 Å². The summed E-state index contributed by atoms with van der Waals surface area (Å²) in [6.07, 6.45) is 0. The van der Waals surface area contributed by atoms with E-state index in [2.05, 4.69) is 5.32 Å². The summed E-state index contributed by atoms with van der Waals surface area (Å²) in [5.41, 5.74) is -2.00. The minimum atomic E-state index is -2.00. The van der Waals surface area contributed by atoms with E-state index in [9.17, 15) is 18.7 Å². The lowest BCUT2D eigenvalue weighted by atomic mass is 9.75. The van der Waals surface area contributed by atoms with Gasteiger partial charge in [0, 0.05) is 17.5 Å². The second-order valence-corrected chi connectivity index (χ2v) is 8.55. The number of hydrogen-bond acceptors (Lipinski definition) is 6. The lowest BCUT2D eigenvalue weighted by molar-refractivity contribution is -0.163. The number of benzene rings is 2. The molecule has 0 saturated carbocycles. The van der Waals surface area contributed by atoms with Crippen LogP contribution in [0.4, 0.5) is 14.5 Å². The summed E-state index contributed by atoms with van der Waals surface area (Å²) < 4.78 is 45.7. The van der Waals surface area contributed by atoms with E-state index in [0.29, 0.717) is 30.4 Å². The quantitative estimate of drug-likeness (QED) is 0.512. The van der Waals surface area contributed by atoms with E-state index in [4.69, 9.17) is 26.4 Å². The maximum absolute atomic E-state index is 14.8.